The third-order valence-electron chi connectivity index (χ3n) is 3.01. The van der Waals surface area contributed by atoms with Crippen molar-refractivity contribution in [2.45, 2.75) is 0 Å². The minimum Gasteiger partial charge on any atom is -0.507 e. The van der Waals surface area contributed by atoms with E-state index in [4.69, 9.17) is 9.47 Å². The Morgan fingerprint density at radius 2 is 1.12 bits per heavy atom. The van der Waals surface area contributed by atoms with Crippen molar-refractivity contribution in [2.24, 2.45) is 9.98 Å². The first-order valence-corrected chi connectivity index (χ1v) is 7.14. The molecule has 0 aliphatic heterocycles. The van der Waals surface area contributed by atoms with Crippen LogP contribution in [0.3, 0.4) is 0 Å². The van der Waals surface area contributed by atoms with Gasteiger partial charge < -0.3 is 19.7 Å². The van der Waals surface area contributed by atoms with Crippen molar-refractivity contribution >= 4 is 12.4 Å². The molecule has 0 aliphatic rings. The maximum atomic E-state index is 9.31. The number of phenolic OH excluding ortho intramolecular Hbond substituents is 2. The fourth-order valence-corrected chi connectivity index (χ4v) is 1.80. The van der Waals surface area contributed by atoms with E-state index in [9.17, 15) is 10.2 Å². The SMILES string of the molecule is CN=Cc1cc(OC)ccc1O.CN=Cc1cc(OC)ccc1O. The molecule has 6 heteroatoms. The predicted molar refractivity (Wildman–Crippen MR) is 96.4 cm³/mol. The predicted octanol–water partition coefficient (Wildman–Crippen LogP) is 2.90. The van der Waals surface area contributed by atoms with Crippen molar-refractivity contribution in [2.75, 3.05) is 28.3 Å². The van der Waals surface area contributed by atoms with E-state index in [1.807, 2.05) is 0 Å². The zero-order chi connectivity index (χ0) is 17.9. The minimum absolute atomic E-state index is 0.210. The van der Waals surface area contributed by atoms with E-state index >= 15 is 0 Å². The van der Waals surface area contributed by atoms with Crippen LogP contribution in [0, 0.1) is 0 Å². The summed E-state index contributed by atoms with van der Waals surface area (Å²) in [4.78, 5) is 7.60. The molecular weight excluding hydrogens is 308 g/mol. The fraction of sp³-hybridized carbons (Fsp3) is 0.222. The molecule has 0 amide bonds. The van der Waals surface area contributed by atoms with Crippen molar-refractivity contribution in [3.8, 4) is 23.0 Å². The number of ether oxygens (including phenoxy) is 2. The van der Waals surface area contributed by atoms with Gasteiger partial charge in [0.2, 0.25) is 0 Å². The lowest BCUT2D eigenvalue weighted by molar-refractivity contribution is 0.412. The normalized spacial score (nSPS) is 10.5. The van der Waals surface area contributed by atoms with Crippen LogP contribution in [0.4, 0.5) is 0 Å². The van der Waals surface area contributed by atoms with E-state index in [1.54, 1.807) is 77.1 Å². The number of nitrogens with zero attached hydrogens (tertiary/aromatic N) is 2. The van der Waals surface area contributed by atoms with Gasteiger partial charge in [-0.3, -0.25) is 9.98 Å². The molecule has 0 spiro atoms. The molecule has 0 heterocycles. The number of aliphatic imine (C=N–C) groups is 2. The van der Waals surface area contributed by atoms with Gasteiger partial charge in [-0.25, -0.2) is 0 Å². The minimum atomic E-state index is 0.210. The molecule has 0 saturated heterocycles. The Kier molecular flexibility index (Phi) is 7.84. The quantitative estimate of drug-likeness (QED) is 0.844. The highest BCUT2D eigenvalue weighted by Gasteiger charge is 1.99. The van der Waals surface area contributed by atoms with Gasteiger partial charge in [-0.05, 0) is 36.4 Å². The summed E-state index contributed by atoms with van der Waals surface area (Å²) in [5.41, 5.74) is 1.33. The van der Waals surface area contributed by atoms with Crippen molar-refractivity contribution in [1.82, 2.24) is 0 Å². The Hall–Kier alpha value is -3.02. The average molecular weight is 330 g/mol. The van der Waals surface area contributed by atoms with Crippen LogP contribution in [-0.2, 0) is 0 Å². The summed E-state index contributed by atoms with van der Waals surface area (Å²) in [5, 5.41) is 18.6. The first-order chi connectivity index (χ1) is 11.5. The third kappa shape index (κ3) is 5.64. The monoisotopic (exact) mass is 330 g/mol. The summed E-state index contributed by atoms with van der Waals surface area (Å²) in [6, 6.07) is 10.0. The van der Waals surface area contributed by atoms with Crippen molar-refractivity contribution in [3.63, 3.8) is 0 Å². The molecule has 0 radical (unpaired) electrons. The summed E-state index contributed by atoms with van der Waals surface area (Å²) >= 11 is 0. The van der Waals surface area contributed by atoms with Crippen LogP contribution in [0.25, 0.3) is 0 Å². The van der Waals surface area contributed by atoms with Gasteiger partial charge in [0.15, 0.2) is 0 Å². The lowest BCUT2D eigenvalue weighted by Gasteiger charge is -2.02. The van der Waals surface area contributed by atoms with E-state index in [0.29, 0.717) is 22.6 Å². The average Bonchev–Trinajstić information content (AvgIpc) is 2.60. The first-order valence-electron chi connectivity index (χ1n) is 7.14. The van der Waals surface area contributed by atoms with E-state index in [-0.39, 0.29) is 11.5 Å². The summed E-state index contributed by atoms with van der Waals surface area (Å²) in [7, 11) is 6.47. The number of hydrogen-bond donors (Lipinski definition) is 2. The third-order valence-corrected chi connectivity index (χ3v) is 3.01. The Labute approximate surface area is 141 Å². The van der Waals surface area contributed by atoms with Gasteiger partial charge >= 0.3 is 0 Å². The molecule has 0 aliphatic carbocycles. The molecule has 24 heavy (non-hydrogen) atoms. The van der Waals surface area contributed by atoms with Gasteiger partial charge in [0, 0.05) is 37.7 Å². The largest absolute Gasteiger partial charge is 0.507 e. The Morgan fingerprint density at radius 1 is 0.750 bits per heavy atom. The topological polar surface area (TPSA) is 83.6 Å². The lowest BCUT2D eigenvalue weighted by Crippen LogP contribution is -1.86. The van der Waals surface area contributed by atoms with Gasteiger partial charge in [0.05, 0.1) is 14.2 Å². The molecule has 0 bridgehead atoms. The van der Waals surface area contributed by atoms with Gasteiger partial charge in [-0.1, -0.05) is 0 Å². The molecule has 2 aromatic rings. The number of phenols is 2. The highest BCUT2D eigenvalue weighted by Crippen LogP contribution is 2.21. The van der Waals surface area contributed by atoms with Crippen LogP contribution in [0.1, 0.15) is 11.1 Å². The second kappa shape index (κ2) is 9.89. The number of aromatic hydroxyl groups is 2. The van der Waals surface area contributed by atoms with Gasteiger partial charge in [0.25, 0.3) is 0 Å². The summed E-state index contributed by atoms with van der Waals surface area (Å²) in [6.45, 7) is 0. The number of benzene rings is 2. The first kappa shape index (κ1) is 19.0. The van der Waals surface area contributed by atoms with Crippen LogP contribution in [0.2, 0.25) is 0 Å². The van der Waals surface area contributed by atoms with Crippen molar-refractivity contribution in [1.29, 1.82) is 0 Å². The smallest absolute Gasteiger partial charge is 0.124 e. The zero-order valence-electron chi connectivity index (χ0n) is 14.2. The molecule has 0 aromatic heterocycles. The van der Waals surface area contributed by atoms with Crippen LogP contribution < -0.4 is 9.47 Å². The highest BCUT2D eigenvalue weighted by molar-refractivity contribution is 5.84. The molecule has 0 unspecified atom stereocenters. The molecule has 2 N–H and O–H groups in total. The van der Waals surface area contributed by atoms with Crippen LogP contribution >= 0.6 is 0 Å². The number of methoxy groups -OCH3 is 2. The molecule has 0 saturated carbocycles. The zero-order valence-corrected chi connectivity index (χ0v) is 14.2. The molecule has 128 valence electrons. The van der Waals surface area contributed by atoms with E-state index in [0.717, 1.165) is 0 Å². The van der Waals surface area contributed by atoms with E-state index in [2.05, 4.69) is 9.98 Å². The van der Waals surface area contributed by atoms with Crippen LogP contribution in [0.15, 0.2) is 46.4 Å². The maximum absolute atomic E-state index is 9.31. The Bertz CT molecular complexity index is 651. The molecular formula is C18H22N2O4. The van der Waals surface area contributed by atoms with Gasteiger partial charge in [0.1, 0.15) is 23.0 Å². The van der Waals surface area contributed by atoms with Gasteiger partial charge in [-0.15, -0.1) is 0 Å². The lowest BCUT2D eigenvalue weighted by atomic mass is 10.2. The standard InChI is InChI=1S/2C9H11NO2/c2*1-10-6-7-5-8(12-2)3-4-9(7)11/h2*3-6,11H,1-2H3. The van der Waals surface area contributed by atoms with E-state index in [1.165, 1.54) is 0 Å². The van der Waals surface area contributed by atoms with Crippen LogP contribution in [0.5, 0.6) is 23.0 Å². The van der Waals surface area contributed by atoms with E-state index < -0.39 is 0 Å². The Morgan fingerprint density at radius 3 is 1.42 bits per heavy atom. The van der Waals surface area contributed by atoms with Crippen molar-refractivity contribution < 1.29 is 19.7 Å². The summed E-state index contributed by atoms with van der Waals surface area (Å²) < 4.78 is 9.97. The number of rotatable bonds is 4. The summed E-state index contributed by atoms with van der Waals surface area (Å²) in [6.07, 6.45) is 3.16. The second-order valence-electron chi connectivity index (χ2n) is 4.62. The Balaban J connectivity index is 0.000000240. The summed E-state index contributed by atoms with van der Waals surface area (Å²) in [5.74, 6) is 1.84. The fourth-order valence-electron chi connectivity index (χ4n) is 1.80. The molecule has 2 aromatic carbocycles. The van der Waals surface area contributed by atoms with Crippen molar-refractivity contribution in [3.05, 3.63) is 47.5 Å². The van der Waals surface area contributed by atoms with Crippen LogP contribution in [-0.4, -0.2) is 51.0 Å². The molecule has 6 nitrogen and oxygen atoms in total. The molecule has 2 rings (SSSR count). The maximum Gasteiger partial charge on any atom is 0.124 e. The molecule has 0 atom stereocenters. The van der Waals surface area contributed by atoms with Gasteiger partial charge in [-0.2, -0.15) is 0 Å². The molecule has 0 fully saturated rings. The highest BCUT2D eigenvalue weighted by atomic mass is 16.5. The second-order valence-corrected chi connectivity index (χ2v) is 4.62. The number of hydrogen-bond acceptors (Lipinski definition) is 6.